The molecule has 2 aromatic rings. The van der Waals surface area contributed by atoms with E-state index in [1.807, 2.05) is 12.1 Å². The van der Waals surface area contributed by atoms with E-state index in [0.717, 1.165) is 0 Å². The molecule has 1 aromatic carbocycles. The Morgan fingerprint density at radius 2 is 2.17 bits per heavy atom. The smallest absolute Gasteiger partial charge is 0.243 e. The average molecular weight is 243 g/mol. The van der Waals surface area contributed by atoms with Crippen molar-refractivity contribution < 1.29 is 9.32 Å². The summed E-state index contributed by atoms with van der Waals surface area (Å²) in [5, 5.41) is 9.59. The van der Waals surface area contributed by atoms with Crippen LogP contribution >= 0.6 is 0 Å². The lowest BCUT2D eigenvalue weighted by molar-refractivity contribution is -0.118. The fraction of sp³-hybridized carbons (Fsp3) is 0.231. The lowest BCUT2D eigenvalue weighted by Gasteiger charge is -2.24. The van der Waals surface area contributed by atoms with Crippen molar-refractivity contribution in [2.24, 2.45) is 0 Å². The largest absolute Gasteiger partial charge is 0.363 e. The molecule has 1 atom stereocenters. The van der Waals surface area contributed by atoms with E-state index in [1.165, 1.54) is 17.4 Å². The number of hydrogen-bond acceptors (Lipinski definition) is 4. The zero-order chi connectivity index (χ0) is 12.4. The molecule has 0 bridgehead atoms. The molecule has 1 aliphatic rings. The molecule has 2 heterocycles. The second kappa shape index (κ2) is 4.62. The number of benzene rings is 1. The van der Waals surface area contributed by atoms with Gasteiger partial charge in [0.1, 0.15) is 6.26 Å². The molecule has 0 aliphatic carbocycles. The normalized spacial score (nSPS) is 18.1. The minimum atomic E-state index is -0.225. The van der Waals surface area contributed by atoms with E-state index >= 15 is 0 Å². The van der Waals surface area contributed by atoms with Crippen LogP contribution in [0.5, 0.6) is 0 Å². The fourth-order valence-corrected chi connectivity index (χ4v) is 2.13. The first kappa shape index (κ1) is 11.0. The Balaban J connectivity index is 1.70. The molecule has 0 fully saturated rings. The molecule has 5 heteroatoms. The van der Waals surface area contributed by atoms with Crippen LogP contribution in [-0.2, 0) is 17.8 Å². The van der Waals surface area contributed by atoms with E-state index < -0.39 is 0 Å². The standard InChI is InChI=1S/C13H13N3O2/c17-13(15-12-5-6-18-16-12)11-7-9-3-1-2-4-10(9)8-14-11/h1-6,11,14H,7-8H2,(H,15,16,17). The van der Waals surface area contributed by atoms with Gasteiger partial charge in [-0.2, -0.15) is 0 Å². The molecule has 18 heavy (non-hydrogen) atoms. The summed E-state index contributed by atoms with van der Waals surface area (Å²) < 4.78 is 4.67. The first-order chi connectivity index (χ1) is 8.83. The molecule has 5 nitrogen and oxygen atoms in total. The van der Waals surface area contributed by atoms with E-state index in [-0.39, 0.29) is 11.9 Å². The van der Waals surface area contributed by atoms with Gasteiger partial charge in [-0.05, 0) is 17.5 Å². The van der Waals surface area contributed by atoms with Gasteiger partial charge in [0, 0.05) is 12.6 Å². The molecule has 92 valence electrons. The van der Waals surface area contributed by atoms with E-state index in [1.54, 1.807) is 6.07 Å². The van der Waals surface area contributed by atoms with Crippen molar-refractivity contribution in [3.63, 3.8) is 0 Å². The van der Waals surface area contributed by atoms with Gasteiger partial charge in [-0.1, -0.05) is 29.4 Å². The van der Waals surface area contributed by atoms with Crippen LogP contribution in [-0.4, -0.2) is 17.1 Å². The summed E-state index contributed by atoms with van der Waals surface area (Å²) in [7, 11) is 0. The van der Waals surface area contributed by atoms with Crippen molar-refractivity contribution in [3.05, 3.63) is 47.7 Å². The SMILES string of the molecule is O=C(Nc1ccon1)C1Cc2ccccc2CN1. The number of fused-ring (bicyclic) bond motifs is 1. The summed E-state index contributed by atoms with van der Waals surface area (Å²) in [6.45, 7) is 0.715. The highest BCUT2D eigenvalue weighted by Crippen LogP contribution is 2.17. The van der Waals surface area contributed by atoms with Crippen LogP contribution < -0.4 is 10.6 Å². The van der Waals surface area contributed by atoms with Crippen molar-refractivity contribution in [2.45, 2.75) is 19.0 Å². The minimum absolute atomic E-state index is 0.0848. The Kier molecular flexibility index (Phi) is 2.82. The summed E-state index contributed by atoms with van der Waals surface area (Å²) in [5.41, 5.74) is 2.47. The van der Waals surface area contributed by atoms with Gasteiger partial charge in [-0.3, -0.25) is 4.79 Å². The third-order valence-corrected chi connectivity index (χ3v) is 3.09. The van der Waals surface area contributed by atoms with Crippen LogP contribution in [0.4, 0.5) is 5.82 Å². The van der Waals surface area contributed by atoms with Crippen LogP contribution in [0.1, 0.15) is 11.1 Å². The van der Waals surface area contributed by atoms with Crippen molar-refractivity contribution >= 4 is 11.7 Å². The maximum Gasteiger partial charge on any atom is 0.243 e. The maximum absolute atomic E-state index is 12.0. The second-order valence-electron chi connectivity index (χ2n) is 4.28. The number of carbonyl (C=O) groups is 1. The molecule has 2 N–H and O–H groups in total. The van der Waals surface area contributed by atoms with Gasteiger partial charge in [-0.25, -0.2) is 0 Å². The number of carbonyl (C=O) groups excluding carboxylic acids is 1. The Labute approximate surface area is 104 Å². The predicted molar refractivity (Wildman–Crippen MR) is 65.9 cm³/mol. The molecule has 0 spiro atoms. The molecular formula is C13H13N3O2. The highest BCUT2D eigenvalue weighted by molar-refractivity contribution is 5.94. The summed E-state index contributed by atoms with van der Waals surface area (Å²) in [4.78, 5) is 12.0. The van der Waals surface area contributed by atoms with E-state index in [4.69, 9.17) is 0 Å². The number of nitrogens with one attached hydrogen (secondary N) is 2. The molecular weight excluding hydrogens is 230 g/mol. The highest BCUT2D eigenvalue weighted by atomic mass is 16.5. The van der Waals surface area contributed by atoms with Crippen molar-refractivity contribution in [3.8, 4) is 0 Å². The van der Waals surface area contributed by atoms with E-state index in [0.29, 0.717) is 18.8 Å². The topological polar surface area (TPSA) is 67.2 Å². The van der Waals surface area contributed by atoms with Gasteiger partial charge in [-0.15, -0.1) is 0 Å². The van der Waals surface area contributed by atoms with Crippen molar-refractivity contribution in [2.75, 3.05) is 5.32 Å². The van der Waals surface area contributed by atoms with Gasteiger partial charge < -0.3 is 15.2 Å². The third kappa shape index (κ3) is 2.12. The number of aromatic nitrogens is 1. The zero-order valence-electron chi connectivity index (χ0n) is 9.72. The molecule has 1 unspecified atom stereocenters. The molecule has 3 rings (SSSR count). The molecule has 1 aliphatic heterocycles. The van der Waals surface area contributed by atoms with Crippen LogP contribution in [0.3, 0.4) is 0 Å². The Morgan fingerprint density at radius 1 is 1.33 bits per heavy atom. The predicted octanol–water partition coefficient (Wildman–Crippen LogP) is 1.33. The van der Waals surface area contributed by atoms with Crippen molar-refractivity contribution in [1.29, 1.82) is 0 Å². The quantitative estimate of drug-likeness (QED) is 0.835. The highest BCUT2D eigenvalue weighted by Gasteiger charge is 2.24. The summed E-state index contributed by atoms with van der Waals surface area (Å²) in [6.07, 6.45) is 2.12. The fourth-order valence-electron chi connectivity index (χ4n) is 2.13. The maximum atomic E-state index is 12.0. The first-order valence-electron chi connectivity index (χ1n) is 5.84. The van der Waals surface area contributed by atoms with Gasteiger partial charge in [0.25, 0.3) is 0 Å². The average Bonchev–Trinajstić information content (AvgIpc) is 2.91. The monoisotopic (exact) mass is 243 g/mol. The summed E-state index contributed by atoms with van der Waals surface area (Å²) in [5.74, 6) is 0.360. The summed E-state index contributed by atoms with van der Waals surface area (Å²) >= 11 is 0. The van der Waals surface area contributed by atoms with E-state index in [2.05, 4.69) is 32.4 Å². The van der Waals surface area contributed by atoms with Gasteiger partial charge in [0.15, 0.2) is 5.82 Å². The Bertz CT molecular complexity index is 551. The second-order valence-corrected chi connectivity index (χ2v) is 4.28. The van der Waals surface area contributed by atoms with Gasteiger partial charge in [0.05, 0.1) is 6.04 Å². The van der Waals surface area contributed by atoms with Crippen LogP contribution in [0, 0.1) is 0 Å². The molecule has 0 radical (unpaired) electrons. The van der Waals surface area contributed by atoms with Crippen molar-refractivity contribution in [1.82, 2.24) is 10.5 Å². The van der Waals surface area contributed by atoms with Crippen LogP contribution in [0.25, 0.3) is 0 Å². The molecule has 0 saturated heterocycles. The van der Waals surface area contributed by atoms with Gasteiger partial charge >= 0.3 is 0 Å². The number of nitrogens with zero attached hydrogens (tertiary/aromatic N) is 1. The molecule has 1 amide bonds. The first-order valence-corrected chi connectivity index (χ1v) is 5.84. The zero-order valence-corrected chi connectivity index (χ0v) is 9.72. The lowest BCUT2D eigenvalue weighted by Crippen LogP contribution is -2.44. The summed E-state index contributed by atoms with van der Waals surface area (Å²) in [6, 6.07) is 9.54. The van der Waals surface area contributed by atoms with Crippen LogP contribution in [0.15, 0.2) is 41.1 Å². The van der Waals surface area contributed by atoms with Crippen LogP contribution in [0.2, 0.25) is 0 Å². The number of hydrogen-bond donors (Lipinski definition) is 2. The number of rotatable bonds is 2. The van der Waals surface area contributed by atoms with E-state index in [9.17, 15) is 4.79 Å². The number of amides is 1. The Morgan fingerprint density at radius 3 is 2.94 bits per heavy atom. The minimum Gasteiger partial charge on any atom is -0.363 e. The molecule has 1 aromatic heterocycles. The Hall–Kier alpha value is -2.14. The number of anilines is 1. The third-order valence-electron chi connectivity index (χ3n) is 3.09. The lowest BCUT2D eigenvalue weighted by atomic mass is 9.95. The van der Waals surface area contributed by atoms with Gasteiger partial charge in [0.2, 0.25) is 5.91 Å². The molecule has 0 saturated carbocycles.